The van der Waals surface area contributed by atoms with Crippen LogP contribution < -0.4 is 0 Å². The minimum atomic E-state index is -0.0722. The summed E-state index contributed by atoms with van der Waals surface area (Å²) in [4.78, 5) is 0. The summed E-state index contributed by atoms with van der Waals surface area (Å²) in [6, 6.07) is 0. The van der Waals surface area contributed by atoms with E-state index < -0.39 is 0 Å². The predicted octanol–water partition coefficient (Wildman–Crippen LogP) is 9.08. The van der Waals surface area contributed by atoms with Crippen molar-refractivity contribution in [3.63, 3.8) is 0 Å². The van der Waals surface area contributed by atoms with E-state index in [1.54, 1.807) is 0 Å². The van der Waals surface area contributed by atoms with Gasteiger partial charge in [0.1, 0.15) is 0 Å². The first kappa shape index (κ1) is 30.6. The Balaban J connectivity index is 0.970. The average molecular weight is 605 g/mol. The van der Waals surface area contributed by atoms with Gasteiger partial charge < -0.3 is 10.2 Å². The van der Waals surface area contributed by atoms with Crippen LogP contribution in [0.5, 0.6) is 0 Å². The molecule has 0 heterocycles. The van der Waals surface area contributed by atoms with Gasteiger partial charge in [0.05, 0.1) is 12.2 Å². The largest absolute Gasteiger partial charge is 0.393 e. The molecule has 246 valence electrons. The fraction of sp³-hybridized carbons (Fsp3) is 0.950. The first-order valence-electron chi connectivity index (χ1n) is 19.4. The quantitative estimate of drug-likeness (QED) is 0.293. The Hall–Kier alpha value is -0.740. The fourth-order valence-corrected chi connectivity index (χ4v) is 15.2. The van der Waals surface area contributed by atoms with Crippen LogP contribution in [0.2, 0.25) is 0 Å². The molecule has 44 heavy (non-hydrogen) atoms. The van der Waals surface area contributed by atoms with Gasteiger partial charge in [-0.3, -0.25) is 0 Å². The van der Waals surface area contributed by atoms with Gasteiger partial charge in [0.25, 0.3) is 0 Å². The predicted molar refractivity (Wildman–Crippen MR) is 179 cm³/mol. The lowest BCUT2D eigenvalue weighted by Crippen LogP contribution is -2.55. The van der Waals surface area contributed by atoms with E-state index in [1.807, 2.05) is 0 Å². The average Bonchev–Trinajstić information content (AvgIpc) is 3.46. The molecule has 2 N–H and O–H groups in total. The highest BCUT2D eigenvalue weighted by Crippen LogP contribution is 2.68. The van der Waals surface area contributed by atoms with Gasteiger partial charge in [0.15, 0.2) is 0 Å². The van der Waals surface area contributed by atoms with Crippen molar-refractivity contribution in [3.8, 4) is 0 Å². The van der Waals surface area contributed by atoms with Crippen molar-refractivity contribution >= 4 is 11.4 Å². The molecular formula is C40H64N2O2. The summed E-state index contributed by atoms with van der Waals surface area (Å²) in [7, 11) is 0. The maximum absolute atomic E-state index is 10.9. The number of aliphatic hydroxyl groups excluding tert-OH is 2. The monoisotopic (exact) mass is 604 g/mol. The summed E-state index contributed by atoms with van der Waals surface area (Å²) < 4.78 is 0. The molecule has 0 saturated heterocycles. The molecule has 8 rings (SSSR count). The van der Waals surface area contributed by atoms with Crippen molar-refractivity contribution < 1.29 is 10.2 Å². The van der Waals surface area contributed by atoms with Gasteiger partial charge in [-0.2, -0.15) is 10.2 Å². The van der Waals surface area contributed by atoms with Crippen LogP contribution in [0.1, 0.15) is 144 Å². The van der Waals surface area contributed by atoms with Crippen molar-refractivity contribution in [2.45, 2.75) is 156 Å². The second-order valence-electron chi connectivity index (χ2n) is 19.4. The molecule has 0 radical (unpaired) electrons. The third-order valence-electron chi connectivity index (χ3n) is 17.9. The molecule has 0 aromatic heterocycles. The Morgan fingerprint density at radius 1 is 0.500 bits per heavy atom. The van der Waals surface area contributed by atoms with Gasteiger partial charge in [-0.15, -0.1) is 0 Å². The van der Waals surface area contributed by atoms with Crippen LogP contribution in [0.15, 0.2) is 10.2 Å². The Morgan fingerprint density at radius 3 is 1.30 bits per heavy atom. The highest BCUT2D eigenvalue weighted by molar-refractivity contribution is 5.91. The van der Waals surface area contributed by atoms with E-state index in [2.05, 4.69) is 41.5 Å². The molecule has 0 amide bonds. The Kier molecular flexibility index (Phi) is 7.21. The van der Waals surface area contributed by atoms with Crippen LogP contribution in [0.3, 0.4) is 0 Å². The molecule has 0 aliphatic heterocycles. The van der Waals surface area contributed by atoms with Gasteiger partial charge in [-0.1, -0.05) is 41.5 Å². The number of aliphatic hydroxyl groups is 2. The van der Waals surface area contributed by atoms with Crippen LogP contribution in [0.25, 0.3) is 0 Å². The summed E-state index contributed by atoms with van der Waals surface area (Å²) in [5, 5.41) is 32.1. The van der Waals surface area contributed by atoms with Gasteiger partial charge in [0.2, 0.25) is 0 Å². The highest BCUT2D eigenvalue weighted by Gasteiger charge is 2.62. The van der Waals surface area contributed by atoms with Crippen molar-refractivity contribution in [2.75, 3.05) is 0 Å². The van der Waals surface area contributed by atoms with Crippen LogP contribution in [0.4, 0.5) is 0 Å². The Labute approximate surface area is 268 Å². The first-order valence-corrected chi connectivity index (χ1v) is 19.4. The van der Waals surface area contributed by atoms with Crippen molar-refractivity contribution in [3.05, 3.63) is 0 Å². The standard InChI is InChI=1S/C40H64N2O2/c1-23-21-39(5)25(7-9-27-29-11-13-35(43)37(29,3)17-15-31(27)39)19-33(23)41-42-34-20-26-8-10-28-30-12-14-36(44)38(30,4)18-16-32(28)40(26,6)22-24(34)2/h23-32,35-36,43-44H,7-22H2,1-6H3/b41-33+,42-34?/t23-,24-,25+,26+,27+,28+,29+,30+,31+,32+,35+,36+,37+,38+,39+,40+/m1/s1. The molecule has 4 nitrogen and oxygen atoms in total. The number of rotatable bonds is 1. The smallest absolute Gasteiger partial charge is 0.0596 e. The lowest BCUT2D eigenvalue weighted by molar-refractivity contribution is -0.116. The molecule has 8 aliphatic rings. The van der Waals surface area contributed by atoms with Crippen molar-refractivity contribution in [1.29, 1.82) is 0 Å². The molecule has 4 heteroatoms. The summed E-state index contributed by atoms with van der Waals surface area (Å²) in [6.07, 6.45) is 19.8. The molecular weight excluding hydrogens is 540 g/mol. The van der Waals surface area contributed by atoms with Crippen LogP contribution >= 0.6 is 0 Å². The van der Waals surface area contributed by atoms with Crippen LogP contribution in [-0.2, 0) is 0 Å². The molecule has 0 unspecified atom stereocenters. The summed E-state index contributed by atoms with van der Waals surface area (Å²) in [6.45, 7) is 15.1. The number of hydrogen-bond donors (Lipinski definition) is 2. The lowest BCUT2D eigenvalue weighted by atomic mass is 9.44. The van der Waals surface area contributed by atoms with Crippen molar-refractivity contribution in [2.24, 2.45) is 91.0 Å². The molecule has 0 spiro atoms. The SMILES string of the molecule is C[C@@H]1C[C@@]2(C)[C@@H](CC[C@@H]3[C@@H]2CC[C@]2(C)[C@@H](O)CC[C@@H]32)CC1=N/N=C1\C[C@@H]2CC[C@@H]3[C@H](CC[C@]4(C)[C@@H](O)CC[C@@H]34)[C@@]2(C)C[C@H]1C. The molecule has 0 aromatic rings. The molecule has 8 fully saturated rings. The summed E-state index contributed by atoms with van der Waals surface area (Å²) >= 11 is 0. The van der Waals surface area contributed by atoms with E-state index in [1.165, 1.54) is 88.5 Å². The topological polar surface area (TPSA) is 65.2 Å². The third-order valence-corrected chi connectivity index (χ3v) is 17.9. The second kappa shape index (κ2) is 10.4. The number of nitrogens with zero attached hydrogens (tertiary/aromatic N) is 2. The normalized spacial score (nSPS) is 60.2. The maximum Gasteiger partial charge on any atom is 0.0596 e. The Bertz CT molecular complexity index is 1120. The van der Waals surface area contributed by atoms with Gasteiger partial charge in [-0.25, -0.2) is 0 Å². The minimum Gasteiger partial charge on any atom is -0.393 e. The summed E-state index contributed by atoms with van der Waals surface area (Å²) in [5.74, 6) is 7.34. The van der Waals surface area contributed by atoms with E-state index in [0.29, 0.717) is 22.7 Å². The minimum absolute atomic E-state index is 0.0722. The van der Waals surface area contributed by atoms with Crippen LogP contribution in [0, 0.1) is 80.8 Å². The molecule has 8 saturated carbocycles. The van der Waals surface area contributed by atoms with E-state index >= 15 is 0 Å². The fourth-order valence-electron chi connectivity index (χ4n) is 15.2. The summed E-state index contributed by atoms with van der Waals surface area (Å²) in [5.41, 5.74) is 3.99. The zero-order valence-corrected chi connectivity index (χ0v) is 29.0. The van der Waals surface area contributed by atoms with E-state index in [4.69, 9.17) is 10.2 Å². The molecule has 0 bridgehead atoms. The molecule has 8 aliphatic carbocycles. The lowest BCUT2D eigenvalue weighted by Gasteiger charge is -2.61. The van der Waals surface area contributed by atoms with Gasteiger partial charge in [-0.05, 0) is 184 Å². The maximum atomic E-state index is 10.9. The van der Waals surface area contributed by atoms with Crippen molar-refractivity contribution in [1.82, 2.24) is 0 Å². The van der Waals surface area contributed by atoms with Gasteiger partial charge >= 0.3 is 0 Å². The zero-order valence-electron chi connectivity index (χ0n) is 29.0. The van der Waals surface area contributed by atoms with E-state index in [9.17, 15) is 10.2 Å². The molecule has 16 atom stereocenters. The highest BCUT2D eigenvalue weighted by atomic mass is 16.3. The second-order valence-corrected chi connectivity index (χ2v) is 19.4. The molecule has 0 aromatic carbocycles. The van der Waals surface area contributed by atoms with E-state index in [0.717, 1.165) is 73.0 Å². The van der Waals surface area contributed by atoms with Gasteiger partial charge in [0, 0.05) is 11.4 Å². The Morgan fingerprint density at radius 2 is 0.886 bits per heavy atom. The van der Waals surface area contributed by atoms with E-state index in [-0.39, 0.29) is 23.0 Å². The first-order chi connectivity index (χ1) is 20.9. The number of hydrogen-bond acceptors (Lipinski definition) is 4. The zero-order chi connectivity index (χ0) is 30.8. The van der Waals surface area contributed by atoms with Crippen LogP contribution in [-0.4, -0.2) is 33.8 Å². The number of fused-ring (bicyclic) bond motifs is 10. The third kappa shape index (κ3) is 4.20.